The van der Waals surface area contributed by atoms with E-state index in [1.165, 1.54) is 11.3 Å². The highest BCUT2D eigenvalue weighted by atomic mass is 35.5. The first-order chi connectivity index (χ1) is 11.1. The number of halogens is 2. The molecular formula is C17H10Cl2N2OS. The molecule has 0 spiro atoms. The van der Waals surface area contributed by atoms with Gasteiger partial charge in [-0.05, 0) is 31.2 Å². The van der Waals surface area contributed by atoms with Gasteiger partial charge in [0.1, 0.15) is 22.6 Å². The van der Waals surface area contributed by atoms with Crippen LogP contribution in [0.25, 0.3) is 22.9 Å². The standard InChI is InChI=1S/C17H10Cl2N2OS/c1-10-2-4-13(22-10)6-12(8-20)17-21-16(9-23-17)11-3-5-14(18)15(19)7-11/h2-7,9H,1H3/b12-6-. The summed E-state index contributed by atoms with van der Waals surface area (Å²) in [7, 11) is 0. The molecule has 0 aliphatic rings. The van der Waals surface area contributed by atoms with E-state index in [-0.39, 0.29) is 0 Å². The predicted octanol–water partition coefficient (Wildman–Crippen LogP) is 6.08. The molecule has 0 saturated carbocycles. The van der Waals surface area contributed by atoms with Crippen molar-refractivity contribution in [2.24, 2.45) is 0 Å². The molecule has 0 bridgehead atoms. The van der Waals surface area contributed by atoms with Crippen molar-refractivity contribution in [2.45, 2.75) is 6.92 Å². The molecule has 0 aliphatic carbocycles. The van der Waals surface area contributed by atoms with Gasteiger partial charge < -0.3 is 4.42 Å². The van der Waals surface area contributed by atoms with Crippen molar-refractivity contribution in [1.29, 1.82) is 5.26 Å². The smallest absolute Gasteiger partial charge is 0.134 e. The Labute approximate surface area is 147 Å². The minimum Gasteiger partial charge on any atom is -0.462 e. The normalized spacial score (nSPS) is 11.5. The molecule has 0 aliphatic heterocycles. The Kier molecular flexibility index (Phi) is 4.53. The Balaban J connectivity index is 1.95. The predicted molar refractivity (Wildman–Crippen MR) is 94.5 cm³/mol. The fourth-order valence-electron chi connectivity index (χ4n) is 2.00. The van der Waals surface area contributed by atoms with Crippen molar-refractivity contribution in [3.63, 3.8) is 0 Å². The van der Waals surface area contributed by atoms with Crippen molar-refractivity contribution >= 4 is 46.2 Å². The molecule has 0 saturated heterocycles. The van der Waals surface area contributed by atoms with E-state index >= 15 is 0 Å². The first kappa shape index (κ1) is 15.8. The van der Waals surface area contributed by atoms with Gasteiger partial charge in [-0.1, -0.05) is 29.3 Å². The lowest BCUT2D eigenvalue weighted by Crippen LogP contribution is -1.83. The molecule has 1 aromatic carbocycles. The van der Waals surface area contributed by atoms with Crippen LogP contribution in [0.15, 0.2) is 40.1 Å². The Morgan fingerprint density at radius 3 is 2.74 bits per heavy atom. The second kappa shape index (κ2) is 6.59. The molecule has 2 heterocycles. The van der Waals surface area contributed by atoms with Crippen LogP contribution < -0.4 is 0 Å². The number of hydrogen-bond donors (Lipinski definition) is 0. The van der Waals surface area contributed by atoms with E-state index in [2.05, 4.69) is 11.1 Å². The Morgan fingerprint density at radius 1 is 1.26 bits per heavy atom. The van der Waals surface area contributed by atoms with E-state index in [0.29, 0.717) is 26.4 Å². The van der Waals surface area contributed by atoms with Crippen molar-refractivity contribution in [1.82, 2.24) is 4.98 Å². The van der Waals surface area contributed by atoms with Crippen LogP contribution in [0.5, 0.6) is 0 Å². The van der Waals surface area contributed by atoms with E-state index in [1.807, 2.05) is 30.5 Å². The zero-order chi connectivity index (χ0) is 16.4. The van der Waals surface area contributed by atoms with Crippen LogP contribution in [-0.4, -0.2) is 4.98 Å². The van der Waals surface area contributed by atoms with Gasteiger partial charge in [0.15, 0.2) is 0 Å². The molecule has 0 amide bonds. The van der Waals surface area contributed by atoms with Crippen LogP contribution in [0, 0.1) is 18.3 Å². The molecule has 3 aromatic rings. The van der Waals surface area contributed by atoms with Gasteiger partial charge in [0.2, 0.25) is 0 Å². The Hall–Kier alpha value is -2.06. The molecule has 2 aromatic heterocycles. The van der Waals surface area contributed by atoms with Crippen molar-refractivity contribution in [3.05, 3.63) is 62.3 Å². The summed E-state index contributed by atoms with van der Waals surface area (Å²) in [6.07, 6.45) is 1.68. The highest BCUT2D eigenvalue weighted by Crippen LogP contribution is 2.31. The van der Waals surface area contributed by atoms with E-state index in [4.69, 9.17) is 27.6 Å². The van der Waals surface area contributed by atoms with Gasteiger partial charge in [0.25, 0.3) is 0 Å². The molecule has 0 N–H and O–H groups in total. The van der Waals surface area contributed by atoms with Crippen molar-refractivity contribution in [2.75, 3.05) is 0 Å². The molecule has 0 atom stereocenters. The Bertz CT molecular complexity index is 934. The Morgan fingerprint density at radius 2 is 2.09 bits per heavy atom. The average molecular weight is 361 g/mol. The fourth-order valence-corrected chi connectivity index (χ4v) is 3.09. The number of aryl methyl sites for hydroxylation is 1. The van der Waals surface area contributed by atoms with Gasteiger partial charge in [-0.3, -0.25) is 0 Å². The highest BCUT2D eigenvalue weighted by molar-refractivity contribution is 7.11. The van der Waals surface area contributed by atoms with Crippen LogP contribution >= 0.6 is 34.5 Å². The lowest BCUT2D eigenvalue weighted by Gasteiger charge is -1.99. The lowest BCUT2D eigenvalue weighted by atomic mass is 10.2. The molecule has 6 heteroatoms. The van der Waals surface area contributed by atoms with Crippen molar-refractivity contribution in [3.8, 4) is 17.3 Å². The third kappa shape index (κ3) is 3.48. The molecule has 3 nitrogen and oxygen atoms in total. The van der Waals surface area contributed by atoms with Gasteiger partial charge in [0, 0.05) is 17.0 Å². The second-order valence-corrected chi connectivity index (χ2v) is 6.46. The molecular weight excluding hydrogens is 351 g/mol. The van der Waals surface area contributed by atoms with Gasteiger partial charge in [0.05, 0.1) is 21.3 Å². The summed E-state index contributed by atoms with van der Waals surface area (Å²) in [4.78, 5) is 4.51. The van der Waals surface area contributed by atoms with E-state index in [1.54, 1.807) is 18.2 Å². The third-order valence-corrected chi connectivity index (χ3v) is 4.73. The number of nitriles is 1. The minimum atomic E-state index is 0.454. The monoisotopic (exact) mass is 360 g/mol. The van der Waals surface area contributed by atoms with E-state index < -0.39 is 0 Å². The fraction of sp³-hybridized carbons (Fsp3) is 0.0588. The summed E-state index contributed by atoms with van der Waals surface area (Å²) in [6.45, 7) is 1.86. The third-order valence-electron chi connectivity index (χ3n) is 3.12. The average Bonchev–Trinajstić information content (AvgIpc) is 3.17. The number of thiazole rings is 1. The van der Waals surface area contributed by atoms with Crippen molar-refractivity contribution < 1.29 is 4.42 Å². The number of allylic oxidation sites excluding steroid dienone is 1. The first-order valence-corrected chi connectivity index (χ1v) is 8.30. The quantitative estimate of drug-likeness (QED) is 0.531. The number of benzene rings is 1. The molecule has 0 unspecified atom stereocenters. The largest absolute Gasteiger partial charge is 0.462 e. The zero-order valence-electron chi connectivity index (χ0n) is 12.0. The molecule has 23 heavy (non-hydrogen) atoms. The summed E-state index contributed by atoms with van der Waals surface area (Å²) in [5, 5.41) is 12.9. The SMILES string of the molecule is Cc1ccc(/C=C(/C#N)c2nc(-c3ccc(Cl)c(Cl)c3)cs2)o1. The lowest BCUT2D eigenvalue weighted by molar-refractivity contribution is 0.525. The number of hydrogen-bond acceptors (Lipinski definition) is 4. The summed E-state index contributed by atoms with van der Waals surface area (Å²) in [5.41, 5.74) is 2.06. The van der Waals surface area contributed by atoms with Gasteiger partial charge in [-0.15, -0.1) is 11.3 Å². The number of aromatic nitrogens is 1. The maximum absolute atomic E-state index is 9.38. The topological polar surface area (TPSA) is 49.8 Å². The minimum absolute atomic E-state index is 0.454. The van der Waals surface area contributed by atoms with Crippen LogP contribution in [0.1, 0.15) is 16.5 Å². The summed E-state index contributed by atoms with van der Waals surface area (Å²) in [5.74, 6) is 1.43. The maximum atomic E-state index is 9.38. The number of rotatable bonds is 3. The highest BCUT2D eigenvalue weighted by Gasteiger charge is 2.11. The van der Waals surface area contributed by atoms with Crippen LogP contribution in [0.4, 0.5) is 0 Å². The summed E-state index contributed by atoms with van der Waals surface area (Å²) < 4.78 is 5.47. The van der Waals surface area contributed by atoms with Gasteiger partial charge >= 0.3 is 0 Å². The second-order valence-electron chi connectivity index (χ2n) is 4.79. The molecule has 0 fully saturated rings. The van der Waals surface area contributed by atoms with Crippen LogP contribution in [0.3, 0.4) is 0 Å². The van der Waals surface area contributed by atoms with Crippen LogP contribution in [0.2, 0.25) is 10.0 Å². The van der Waals surface area contributed by atoms with Gasteiger partial charge in [-0.2, -0.15) is 5.26 Å². The van der Waals surface area contributed by atoms with Gasteiger partial charge in [-0.25, -0.2) is 4.98 Å². The number of nitrogens with zero attached hydrogens (tertiary/aromatic N) is 2. The van der Waals surface area contributed by atoms with Crippen LogP contribution in [-0.2, 0) is 0 Å². The zero-order valence-corrected chi connectivity index (χ0v) is 14.3. The molecule has 0 radical (unpaired) electrons. The maximum Gasteiger partial charge on any atom is 0.134 e. The summed E-state index contributed by atoms with van der Waals surface area (Å²) >= 11 is 13.4. The number of furan rings is 1. The molecule has 114 valence electrons. The van der Waals surface area contributed by atoms with E-state index in [9.17, 15) is 5.26 Å². The van der Waals surface area contributed by atoms with E-state index in [0.717, 1.165) is 17.0 Å². The first-order valence-electron chi connectivity index (χ1n) is 6.66. The molecule has 3 rings (SSSR count). The summed E-state index contributed by atoms with van der Waals surface area (Å²) in [6, 6.07) is 11.2.